The molecular formula is C20H22N6O2. The summed E-state index contributed by atoms with van der Waals surface area (Å²) in [6.45, 7) is 1.19. The number of anilines is 2. The summed E-state index contributed by atoms with van der Waals surface area (Å²) < 4.78 is 0. The molecule has 0 bridgehead atoms. The Morgan fingerprint density at radius 1 is 1.21 bits per heavy atom. The molecule has 0 fully saturated rings. The Balaban J connectivity index is 1.82. The van der Waals surface area contributed by atoms with Crippen molar-refractivity contribution in [3.63, 3.8) is 0 Å². The summed E-state index contributed by atoms with van der Waals surface area (Å²) in [5, 5.41) is 5.82. The van der Waals surface area contributed by atoms with Gasteiger partial charge in [0.2, 0.25) is 12.4 Å². The van der Waals surface area contributed by atoms with E-state index in [-0.39, 0.29) is 5.95 Å². The first kappa shape index (κ1) is 19.1. The molecule has 2 aromatic rings. The van der Waals surface area contributed by atoms with Gasteiger partial charge in [-0.05, 0) is 42.8 Å². The Kier molecular flexibility index (Phi) is 6.37. The standard InChI is InChI=1S/C20H22N6O2/c21-20-25-9-8-18(26-20)15-2-1-3-16(12-15)19(28-22)14-4-6-17(7-5-14)24-11-10-23-13-27/h1-2,4-9,12-13,24H,3,10-11,22H2,(H,23,27)(H2,21,25,26)/b19-16+. The number of hydrogen-bond donors (Lipinski definition) is 4. The molecule has 1 aromatic carbocycles. The molecule has 144 valence electrons. The van der Waals surface area contributed by atoms with Crippen LogP contribution in [0.1, 0.15) is 17.7 Å². The number of hydrogen-bond acceptors (Lipinski definition) is 7. The van der Waals surface area contributed by atoms with Crippen molar-refractivity contribution in [3.8, 4) is 0 Å². The highest BCUT2D eigenvalue weighted by molar-refractivity contribution is 5.80. The molecule has 28 heavy (non-hydrogen) atoms. The van der Waals surface area contributed by atoms with E-state index < -0.39 is 0 Å². The second-order valence-corrected chi connectivity index (χ2v) is 6.05. The van der Waals surface area contributed by atoms with Gasteiger partial charge in [-0.1, -0.05) is 12.2 Å². The number of nitrogens with one attached hydrogen (secondary N) is 2. The fourth-order valence-corrected chi connectivity index (χ4v) is 2.87. The Labute approximate surface area is 163 Å². The van der Waals surface area contributed by atoms with E-state index in [0.717, 1.165) is 28.1 Å². The van der Waals surface area contributed by atoms with Gasteiger partial charge in [0, 0.05) is 41.7 Å². The highest BCUT2D eigenvalue weighted by atomic mass is 16.6. The molecule has 0 aliphatic heterocycles. The number of carbonyl (C=O) groups is 1. The van der Waals surface area contributed by atoms with Crippen LogP contribution in [0.25, 0.3) is 11.3 Å². The topological polar surface area (TPSA) is 128 Å². The third kappa shape index (κ3) is 4.74. The number of nitrogens with zero attached hydrogens (tertiary/aromatic N) is 2. The van der Waals surface area contributed by atoms with Gasteiger partial charge in [0.1, 0.15) is 0 Å². The average molecular weight is 378 g/mol. The lowest BCUT2D eigenvalue weighted by molar-refractivity contribution is -0.109. The fraction of sp³-hybridized carbons (Fsp3) is 0.150. The maximum atomic E-state index is 10.3. The molecular weight excluding hydrogens is 356 g/mol. The number of rotatable bonds is 8. The Hall–Kier alpha value is -3.65. The summed E-state index contributed by atoms with van der Waals surface area (Å²) in [7, 11) is 0. The van der Waals surface area contributed by atoms with Crippen molar-refractivity contribution in [3.05, 3.63) is 71.6 Å². The zero-order valence-corrected chi connectivity index (χ0v) is 15.3. The van der Waals surface area contributed by atoms with Crippen LogP contribution in [0.15, 0.2) is 60.3 Å². The largest absolute Gasteiger partial charge is 0.411 e. The van der Waals surface area contributed by atoms with Crippen LogP contribution in [0, 0.1) is 0 Å². The molecule has 6 N–H and O–H groups in total. The van der Waals surface area contributed by atoms with Gasteiger partial charge < -0.3 is 21.2 Å². The third-order valence-corrected chi connectivity index (χ3v) is 4.17. The van der Waals surface area contributed by atoms with Crippen molar-refractivity contribution in [1.29, 1.82) is 0 Å². The van der Waals surface area contributed by atoms with E-state index in [1.54, 1.807) is 12.3 Å². The minimum absolute atomic E-state index is 0.227. The lowest BCUT2D eigenvalue weighted by Crippen LogP contribution is -2.20. The summed E-state index contributed by atoms with van der Waals surface area (Å²) in [5.74, 6) is 6.40. The number of nitrogen functional groups attached to an aromatic ring is 1. The van der Waals surface area contributed by atoms with E-state index in [1.807, 2.05) is 42.5 Å². The molecule has 0 saturated carbocycles. The molecule has 1 heterocycles. The zero-order valence-electron chi connectivity index (χ0n) is 15.3. The molecule has 1 aromatic heterocycles. The van der Waals surface area contributed by atoms with Crippen LogP contribution in [-0.4, -0.2) is 29.5 Å². The highest BCUT2D eigenvalue weighted by Gasteiger charge is 2.13. The maximum Gasteiger partial charge on any atom is 0.220 e. The third-order valence-electron chi connectivity index (χ3n) is 4.17. The minimum atomic E-state index is 0.227. The van der Waals surface area contributed by atoms with Crippen molar-refractivity contribution in [2.75, 3.05) is 24.1 Å². The monoisotopic (exact) mass is 378 g/mol. The van der Waals surface area contributed by atoms with Crippen molar-refractivity contribution in [2.24, 2.45) is 5.90 Å². The maximum absolute atomic E-state index is 10.3. The van der Waals surface area contributed by atoms with E-state index in [9.17, 15) is 4.79 Å². The number of amides is 1. The molecule has 1 aliphatic carbocycles. The SMILES string of the molecule is NO/C(=C1/C=C(c2ccnc(N)n2)C=CC1)c1ccc(NCCNC=O)cc1. The molecule has 0 saturated heterocycles. The molecule has 8 heteroatoms. The van der Waals surface area contributed by atoms with Crippen LogP contribution in [-0.2, 0) is 9.63 Å². The van der Waals surface area contributed by atoms with Gasteiger partial charge >= 0.3 is 0 Å². The summed E-state index contributed by atoms with van der Waals surface area (Å²) in [4.78, 5) is 23.7. The molecule has 0 atom stereocenters. The van der Waals surface area contributed by atoms with Crippen molar-refractivity contribution in [1.82, 2.24) is 15.3 Å². The Morgan fingerprint density at radius 3 is 2.75 bits per heavy atom. The van der Waals surface area contributed by atoms with Gasteiger partial charge in [-0.25, -0.2) is 9.97 Å². The van der Waals surface area contributed by atoms with E-state index in [0.29, 0.717) is 31.7 Å². The second kappa shape index (κ2) is 9.33. The summed E-state index contributed by atoms with van der Waals surface area (Å²) in [6.07, 6.45) is 8.99. The van der Waals surface area contributed by atoms with E-state index in [1.165, 1.54) is 0 Å². The number of benzene rings is 1. The van der Waals surface area contributed by atoms with Crippen LogP contribution in [0.4, 0.5) is 11.6 Å². The quantitative estimate of drug-likeness (QED) is 0.239. The van der Waals surface area contributed by atoms with Crippen molar-refractivity contribution < 1.29 is 9.63 Å². The number of aromatic nitrogens is 2. The smallest absolute Gasteiger partial charge is 0.220 e. The molecule has 8 nitrogen and oxygen atoms in total. The molecule has 1 amide bonds. The average Bonchev–Trinajstić information content (AvgIpc) is 2.73. The van der Waals surface area contributed by atoms with Crippen LogP contribution < -0.4 is 22.3 Å². The van der Waals surface area contributed by atoms with E-state index >= 15 is 0 Å². The number of nitrogens with two attached hydrogens (primary N) is 2. The predicted octanol–water partition coefficient (Wildman–Crippen LogP) is 1.86. The van der Waals surface area contributed by atoms with E-state index in [4.69, 9.17) is 16.5 Å². The van der Waals surface area contributed by atoms with Gasteiger partial charge in [-0.15, -0.1) is 0 Å². The van der Waals surface area contributed by atoms with Crippen molar-refractivity contribution >= 4 is 29.4 Å². The van der Waals surface area contributed by atoms with Crippen LogP contribution >= 0.6 is 0 Å². The first-order valence-electron chi connectivity index (χ1n) is 8.79. The van der Waals surface area contributed by atoms with Crippen molar-refractivity contribution in [2.45, 2.75) is 6.42 Å². The second-order valence-electron chi connectivity index (χ2n) is 6.05. The molecule has 3 rings (SSSR count). The molecule has 0 radical (unpaired) electrons. The molecule has 0 spiro atoms. The highest BCUT2D eigenvalue weighted by Crippen LogP contribution is 2.30. The normalized spacial score (nSPS) is 14.8. The summed E-state index contributed by atoms with van der Waals surface area (Å²) in [6, 6.07) is 9.53. The zero-order chi connectivity index (χ0) is 19.8. The number of allylic oxidation sites excluding steroid dienone is 5. The Bertz CT molecular complexity index is 919. The summed E-state index contributed by atoms with van der Waals surface area (Å²) >= 11 is 0. The van der Waals surface area contributed by atoms with Gasteiger partial charge in [0.25, 0.3) is 0 Å². The lowest BCUT2D eigenvalue weighted by atomic mass is 9.96. The van der Waals surface area contributed by atoms with Crippen LogP contribution in [0.5, 0.6) is 0 Å². The first-order chi connectivity index (χ1) is 13.7. The van der Waals surface area contributed by atoms with Crippen LogP contribution in [0.2, 0.25) is 0 Å². The summed E-state index contributed by atoms with van der Waals surface area (Å²) in [5.41, 5.74) is 10.1. The first-order valence-corrected chi connectivity index (χ1v) is 8.79. The molecule has 0 unspecified atom stereocenters. The van der Waals surface area contributed by atoms with Gasteiger partial charge in [-0.2, -0.15) is 5.90 Å². The fourth-order valence-electron chi connectivity index (χ4n) is 2.87. The van der Waals surface area contributed by atoms with Gasteiger partial charge in [0.05, 0.1) is 5.69 Å². The lowest BCUT2D eigenvalue weighted by Gasteiger charge is -2.15. The minimum Gasteiger partial charge on any atom is -0.411 e. The predicted molar refractivity (Wildman–Crippen MR) is 109 cm³/mol. The van der Waals surface area contributed by atoms with Crippen LogP contribution in [0.3, 0.4) is 0 Å². The Morgan fingerprint density at radius 2 is 2.04 bits per heavy atom. The van der Waals surface area contributed by atoms with Gasteiger partial charge in [-0.3, -0.25) is 4.79 Å². The van der Waals surface area contributed by atoms with E-state index in [2.05, 4.69) is 20.6 Å². The van der Waals surface area contributed by atoms with Gasteiger partial charge in [0.15, 0.2) is 5.76 Å². The molecule has 1 aliphatic rings. The number of carbonyl (C=O) groups excluding carboxylic acids is 1.